The van der Waals surface area contributed by atoms with Crippen molar-refractivity contribution in [1.82, 2.24) is 5.43 Å². The number of rotatable bonds is 3. The van der Waals surface area contributed by atoms with E-state index in [2.05, 4.69) is 11.5 Å². The third-order valence-corrected chi connectivity index (χ3v) is 4.08. The summed E-state index contributed by atoms with van der Waals surface area (Å²) in [6.07, 6.45) is 6.87. The Bertz CT molecular complexity index is 648. The third-order valence-electron chi connectivity index (χ3n) is 4.08. The molecule has 1 aliphatic carbocycles. The van der Waals surface area contributed by atoms with Crippen molar-refractivity contribution in [3.63, 3.8) is 0 Å². The minimum Gasteiger partial charge on any atom is -0.271 e. The summed E-state index contributed by atoms with van der Waals surface area (Å²) in [6.45, 7) is 0. The van der Waals surface area contributed by atoms with Crippen LogP contribution in [-0.4, -0.2) is 0 Å². The van der Waals surface area contributed by atoms with Crippen molar-refractivity contribution in [2.45, 2.75) is 31.7 Å². The van der Waals surface area contributed by atoms with Crippen LogP contribution in [-0.2, 0) is 0 Å². The van der Waals surface area contributed by atoms with E-state index in [1.807, 2.05) is 30.3 Å². The standard InChI is InChI=1S/C17H19FN2/c18-16-11-10-15(13-8-4-5-9-14(13)16)17(20-19)12-6-2-1-3-7-12/h4-6,8-11,17,20H,1-3,7,19H2. The number of fused-ring (bicyclic) bond motifs is 1. The van der Waals surface area contributed by atoms with Crippen LogP contribution in [0.1, 0.15) is 37.3 Å². The van der Waals surface area contributed by atoms with Crippen molar-refractivity contribution >= 4 is 10.8 Å². The number of benzene rings is 2. The van der Waals surface area contributed by atoms with Gasteiger partial charge in [-0.25, -0.2) is 9.82 Å². The molecule has 3 N–H and O–H groups in total. The molecule has 0 heterocycles. The average molecular weight is 270 g/mol. The van der Waals surface area contributed by atoms with Gasteiger partial charge >= 0.3 is 0 Å². The lowest BCUT2D eigenvalue weighted by Crippen LogP contribution is -2.30. The van der Waals surface area contributed by atoms with Crippen LogP contribution >= 0.6 is 0 Å². The highest BCUT2D eigenvalue weighted by Crippen LogP contribution is 2.33. The molecule has 0 radical (unpaired) electrons. The van der Waals surface area contributed by atoms with E-state index in [9.17, 15) is 4.39 Å². The van der Waals surface area contributed by atoms with Gasteiger partial charge in [-0.15, -0.1) is 0 Å². The minimum atomic E-state index is -0.183. The van der Waals surface area contributed by atoms with Crippen LogP contribution in [0, 0.1) is 5.82 Å². The molecule has 2 aromatic carbocycles. The summed E-state index contributed by atoms with van der Waals surface area (Å²) in [5, 5.41) is 1.59. The van der Waals surface area contributed by atoms with Gasteiger partial charge in [0.1, 0.15) is 5.82 Å². The van der Waals surface area contributed by atoms with Gasteiger partial charge in [0.05, 0.1) is 6.04 Å². The zero-order valence-electron chi connectivity index (χ0n) is 11.4. The molecular formula is C17H19FN2. The van der Waals surface area contributed by atoms with Crippen molar-refractivity contribution in [2.75, 3.05) is 0 Å². The van der Waals surface area contributed by atoms with Crippen LogP contribution in [0.5, 0.6) is 0 Å². The SMILES string of the molecule is NNC(C1=CCCCC1)c1ccc(F)c2ccccc12. The van der Waals surface area contributed by atoms with E-state index in [-0.39, 0.29) is 11.9 Å². The first-order chi connectivity index (χ1) is 9.81. The Hall–Kier alpha value is -1.71. The molecule has 1 aliphatic rings. The van der Waals surface area contributed by atoms with Gasteiger partial charge in [-0.05, 0) is 42.7 Å². The topological polar surface area (TPSA) is 38.0 Å². The van der Waals surface area contributed by atoms with Crippen molar-refractivity contribution in [1.29, 1.82) is 0 Å². The van der Waals surface area contributed by atoms with E-state index >= 15 is 0 Å². The molecule has 3 rings (SSSR count). The largest absolute Gasteiger partial charge is 0.271 e. The summed E-state index contributed by atoms with van der Waals surface area (Å²) < 4.78 is 13.9. The lowest BCUT2D eigenvalue weighted by atomic mass is 9.88. The van der Waals surface area contributed by atoms with Gasteiger partial charge in [0.15, 0.2) is 0 Å². The predicted octanol–water partition coefficient (Wildman–Crippen LogP) is 3.98. The lowest BCUT2D eigenvalue weighted by Gasteiger charge is -2.24. The Kier molecular flexibility index (Phi) is 3.81. The van der Waals surface area contributed by atoms with Gasteiger partial charge in [0.25, 0.3) is 0 Å². The summed E-state index contributed by atoms with van der Waals surface area (Å²) in [6, 6.07) is 10.9. The third kappa shape index (κ3) is 2.35. The summed E-state index contributed by atoms with van der Waals surface area (Å²) in [7, 11) is 0. The van der Waals surface area contributed by atoms with Crippen LogP contribution in [0.4, 0.5) is 4.39 Å². The smallest absolute Gasteiger partial charge is 0.131 e. The second kappa shape index (κ2) is 5.73. The van der Waals surface area contributed by atoms with Crippen molar-refractivity contribution in [2.24, 2.45) is 5.84 Å². The van der Waals surface area contributed by atoms with Crippen LogP contribution in [0.25, 0.3) is 10.8 Å². The van der Waals surface area contributed by atoms with Gasteiger partial charge in [0, 0.05) is 5.39 Å². The molecule has 0 spiro atoms. The maximum Gasteiger partial charge on any atom is 0.131 e. The Labute approximate surface area is 118 Å². The average Bonchev–Trinajstić information content (AvgIpc) is 2.52. The van der Waals surface area contributed by atoms with Gasteiger partial charge in [-0.3, -0.25) is 5.84 Å². The quantitative estimate of drug-likeness (QED) is 0.503. The summed E-state index contributed by atoms with van der Waals surface area (Å²) in [5.41, 5.74) is 5.28. The fourth-order valence-electron chi connectivity index (χ4n) is 3.06. The van der Waals surface area contributed by atoms with Gasteiger partial charge in [-0.2, -0.15) is 0 Å². The minimum absolute atomic E-state index is 0.0270. The summed E-state index contributed by atoms with van der Waals surface area (Å²) >= 11 is 0. The molecule has 0 saturated carbocycles. The van der Waals surface area contributed by atoms with Gasteiger partial charge in [-0.1, -0.05) is 42.0 Å². The molecule has 1 unspecified atom stereocenters. The number of hydrogen-bond acceptors (Lipinski definition) is 2. The first-order valence-corrected chi connectivity index (χ1v) is 7.13. The summed E-state index contributed by atoms with van der Waals surface area (Å²) in [4.78, 5) is 0. The van der Waals surface area contributed by atoms with E-state index in [1.165, 1.54) is 24.5 Å². The molecule has 0 aromatic heterocycles. The number of hydrazine groups is 1. The van der Waals surface area contributed by atoms with E-state index in [0.717, 1.165) is 23.8 Å². The lowest BCUT2D eigenvalue weighted by molar-refractivity contribution is 0.567. The Morgan fingerprint density at radius 2 is 1.85 bits per heavy atom. The molecule has 0 fully saturated rings. The fourth-order valence-corrected chi connectivity index (χ4v) is 3.06. The molecule has 0 aliphatic heterocycles. The monoisotopic (exact) mass is 270 g/mol. The molecule has 3 heteroatoms. The second-order valence-corrected chi connectivity index (χ2v) is 5.31. The highest BCUT2D eigenvalue weighted by atomic mass is 19.1. The van der Waals surface area contributed by atoms with Crippen LogP contribution in [0.2, 0.25) is 0 Å². The van der Waals surface area contributed by atoms with E-state index < -0.39 is 0 Å². The molecule has 20 heavy (non-hydrogen) atoms. The zero-order valence-corrected chi connectivity index (χ0v) is 11.4. The molecule has 2 aromatic rings. The summed E-state index contributed by atoms with van der Waals surface area (Å²) in [5.74, 6) is 5.60. The molecular weight excluding hydrogens is 251 g/mol. The van der Waals surface area contributed by atoms with Crippen LogP contribution in [0.15, 0.2) is 48.0 Å². The Morgan fingerprint density at radius 3 is 2.55 bits per heavy atom. The Balaban J connectivity index is 2.12. The molecule has 0 amide bonds. The maximum atomic E-state index is 13.9. The number of halogens is 1. The van der Waals surface area contributed by atoms with E-state index in [4.69, 9.17) is 5.84 Å². The highest BCUT2D eigenvalue weighted by molar-refractivity contribution is 5.87. The van der Waals surface area contributed by atoms with E-state index in [0.29, 0.717) is 5.39 Å². The first-order valence-electron chi connectivity index (χ1n) is 7.13. The van der Waals surface area contributed by atoms with Gasteiger partial charge < -0.3 is 0 Å². The Morgan fingerprint density at radius 1 is 1.05 bits per heavy atom. The predicted molar refractivity (Wildman–Crippen MR) is 80.5 cm³/mol. The van der Waals surface area contributed by atoms with Crippen molar-refractivity contribution in [3.05, 3.63) is 59.4 Å². The number of hydrogen-bond donors (Lipinski definition) is 2. The molecule has 0 bridgehead atoms. The van der Waals surface area contributed by atoms with E-state index in [1.54, 1.807) is 0 Å². The van der Waals surface area contributed by atoms with Crippen LogP contribution < -0.4 is 11.3 Å². The fraction of sp³-hybridized carbons (Fsp3) is 0.294. The molecule has 104 valence electrons. The number of nitrogens with two attached hydrogens (primary N) is 1. The normalized spacial score (nSPS) is 17.0. The maximum absolute atomic E-state index is 13.9. The molecule has 1 atom stereocenters. The van der Waals surface area contributed by atoms with Gasteiger partial charge in [0.2, 0.25) is 0 Å². The first kappa shape index (κ1) is 13.3. The van der Waals surface area contributed by atoms with Crippen molar-refractivity contribution in [3.8, 4) is 0 Å². The number of allylic oxidation sites excluding steroid dienone is 1. The number of nitrogens with one attached hydrogen (secondary N) is 1. The molecule has 2 nitrogen and oxygen atoms in total. The van der Waals surface area contributed by atoms with Crippen LogP contribution in [0.3, 0.4) is 0 Å². The van der Waals surface area contributed by atoms with Crippen molar-refractivity contribution < 1.29 is 4.39 Å². The zero-order chi connectivity index (χ0) is 13.9. The molecule has 0 saturated heterocycles. The highest BCUT2D eigenvalue weighted by Gasteiger charge is 2.19. The second-order valence-electron chi connectivity index (χ2n) is 5.31.